The molecule has 0 amide bonds. The van der Waals surface area contributed by atoms with Gasteiger partial charge in [0.2, 0.25) is 0 Å². The fraction of sp³-hybridized carbons (Fsp3) is 0.625. The molecule has 0 aliphatic rings. The Labute approximate surface area is 111 Å². The van der Waals surface area contributed by atoms with Gasteiger partial charge < -0.3 is 10.2 Å². The van der Waals surface area contributed by atoms with E-state index in [1.54, 1.807) is 0 Å². The van der Waals surface area contributed by atoms with Gasteiger partial charge in [-0.1, -0.05) is 69.7 Å². The number of aliphatic hydroxyl groups excluding tert-OH is 2. The van der Waals surface area contributed by atoms with E-state index in [0.29, 0.717) is 0 Å². The first-order valence-corrected chi connectivity index (χ1v) is 7.16. The molecule has 2 nitrogen and oxygen atoms in total. The van der Waals surface area contributed by atoms with Crippen LogP contribution in [0.5, 0.6) is 0 Å². The van der Waals surface area contributed by atoms with Crippen molar-refractivity contribution in [2.75, 3.05) is 0 Å². The lowest BCUT2D eigenvalue weighted by atomic mass is 9.98. The molecule has 0 radical (unpaired) electrons. The minimum atomic E-state index is -0.431. The molecule has 102 valence electrons. The molecule has 1 rings (SSSR count). The Balaban J connectivity index is 2.29. The van der Waals surface area contributed by atoms with Crippen molar-refractivity contribution in [3.8, 4) is 0 Å². The van der Waals surface area contributed by atoms with Crippen LogP contribution in [-0.2, 0) is 6.61 Å². The van der Waals surface area contributed by atoms with Crippen molar-refractivity contribution in [3.63, 3.8) is 0 Å². The highest BCUT2D eigenvalue weighted by Crippen LogP contribution is 2.23. The van der Waals surface area contributed by atoms with Gasteiger partial charge in [0.15, 0.2) is 0 Å². The summed E-state index contributed by atoms with van der Waals surface area (Å²) in [5, 5.41) is 19.3. The van der Waals surface area contributed by atoms with Gasteiger partial charge in [0.25, 0.3) is 0 Å². The van der Waals surface area contributed by atoms with E-state index in [1.807, 2.05) is 24.3 Å². The molecule has 18 heavy (non-hydrogen) atoms. The molecule has 1 unspecified atom stereocenters. The largest absolute Gasteiger partial charge is 0.392 e. The van der Waals surface area contributed by atoms with Gasteiger partial charge in [0.1, 0.15) is 0 Å². The van der Waals surface area contributed by atoms with Crippen molar-refractivity contribution in [3.05, 3.63) is 35.4 Å². The first-order chi connectivity index (χ1) is 8.79. The van der Waals surface area contributed by atoms with Gasteiger partial charge in [-0.05, 0) is 17.5 Å². The van der Waals surface area contributed by atoms with Crippen LogP contribution in [0.3, 0.4) is 0 Å². The molecule has 0 saturated carbocycles. The summed E-state index contributed by atoms with van der Waals surface area (Å²) in [7, 11) is 0. The lowest BCUT2D eigenvalue weighted by molar-refractivity contribution is 0.159. The molecular weight excluding hydrogens is 224 g/mol. The first kappa shape index (κ1) is 15.2. The molecule has 0 aliphatic carbocycles. The van der Waals surface area contributed by atoms with Crippen LogP contribution in [-0.4, -0.2) is 10.2 Å². The van der Waals surface area contributed by atoms with E-state index >= 15 is 0 Å². The van der Waals surface area contributed by atoms with E-state index in [0.717, 1.165) is 24.0 Å². The number of rotatable bonds is 9. The van der Waals surface area contributed by atoms with Crippen molar-refractivity contribution in [1.82, 2.24) is 0 Å². The van der Waals surface area contributed by atoms with Gasteiger partial charge in [-0.3, -0.25) is 0 Å². The summed E-state index contributed by atoms with van der Waals surface area (Å²) >= 11 is 0. The molecule has 0 spiro atoms. The van der Waals surface area contributed by atoms with Crippen molar-refractivity contribution in [2.24, 2.45) is 0 Å². The second-order valence-corrected chi connectivity index (χ2v) is 4.93. The Hall–Kier alpha value is -0.860. The second kappa shape index (κ2) is 9.12. The monoisotopic (exact) mass is 250 g/mol. The average molecular weight is 250 g/mol. The molecule has 0 aromatic heterocycles. The SMILES string of the molecule is CCCCCCCCC(O)c1ccccc1CO. The van der Waals surface area contributed by atoms with E-state index in [2.05, 4.69) is 6.92 Å². The molecule has 0 saturated heterocycles. The van der Waals surface area contributed by atoms with Crippen LogP contribution in [0.1, 0.15) is 69.1 Å². The maximum atomic E-state index is 10.1. The van der Waals surface area contributed by atoms with Crippen LogP contribution in [0.2, 0.25) is 0 Å². The fourth-order valence-corrected chi connectivity index (χ4v) is 2.28. The van der Waals surface area contributed by atoms with E-state index in [4.69, 9.17) is 0 Å². The van der Waals surface area contributed by atoms with Crippen LogP contribution in [0.15, 0.2) is 24.3 Å². The van der Waals surface area contributed by atoms with Crippen LogP contribution in [0, 0.1) is 0 Å². The second-order valence-electron chi connectivity index (χ2n) is 4.93. The quantitative estimate of drug-likeness (QED) is 0.651. The highest BCUT2D eigenvalue weighted by atomic mass is 16.3. The van der Waals surface area contributed by atoms with Crippen LogP contribution in [0.25, 0.3) is 0 Å². The summed E-state index contributed by atoms with van der Waals surface area (Å²) in [4.78, 5) is 0. The Morgan fingerprint density at radius 3 is 2.39 bits per heavy atom. The summed E-state index contributed by atoms with van der Waals surface area (Å²) in [5.74, 6) is 0. The zero-order valence-corrected chi connectivity index (χ0v) is 11.4. The highest BCUT2D eigenvalue weighted by molar-refractivity contribution is 5.28. The summed E-state index contributed by atoms with van der Waals surface area (Å²) < 4.78 is 0. The summed E-state index contributed by atoms with van der Waals surface area (Å²) in [6.07, 6.45) is 7.77. The van der Waals surface area contributed by atoms with Gasteiger partial charge in [0.05, 0.1) is 12.7 Å². The maximum Gasteiger partial charge on any atom is 0.0793 e. The van der Waals surface area contributed by atoms with Crippen molar-refractivity contribution in [2.45, 2.75) is 64.6 Å². The molecular formula is C16H26O2. The summed E-state index contributed by atoms with van der Waals surface area (Å²) in [6.45, 7) is 2.22. The van der Waals surface area contributed by atoms with Crippen molar-refractivity contribution in [1.29, 1.82) is 0 Å². The molecule has 0 aliphatic heterocycles. The first-order valence-electron chi connectivity index (χ1n) is 7.16. The molecule has 2 heteroatoms. The number of benzene rings is 1. The Bertz CT molecular complexity index is 323. The van der Waals surface area contributed by atoms with Gasteiger partial charge >= 0.3 is 0 Å². The molecule has 2 N–H and O–H groups in total. The van der Waals surface area contributed by atoms with Crippen molar-refractivity contribution >= 4 is 0 Å². The maximum absolute atomic E-state index is 10.1. The lowest BCUT2D eigenvalue weighted by Gasteiger charge is -2.14. The molecule has 1 atom stereocenters. The third-order valence-electron chi connectivity index (χ3n) is 3.42. The normalized spacial score (nSPS) is 12.6. The van der Waals surface area contributed by atoms with Gasteiger partial charge in [-0.15, -0.1) is 0 Å². The van der Waals surface area contributed by atoms with E-state index in [1.165, 1.54) is 32.1 Å². The summed E-state index contributed by atoms with van der Waals surface area (Å²) in [6, 6.07) is 7.60. The van der Waals surface area contributed by atoms with E-state index in [9.17, 15) is 10.2 Å². The molecule has 0 heterocycles. The predicted molar refractivity (Wildman–Crippen MR) is 75.3 cm³/mol. The predicted octanol–water partition coefficient (Wildman–Crippen LogP) is 3.96. The number of hydrogen-bond donors (Lipinski definition) is 2. The molecule has 0 bridgehead atoms. The third-order valence-corrected chi connectivity index (χ3v) is 3.42. The summed E-state index contributed by atoms with van der Waals surface area (Å²) in [5.41, 5.74) is 1.73. The van der Waals surface area contributed by atoms with Gasteiger partial charge in [-0.25, -0.2) is 0 Å². The Morgan fingerprint density at radius 2 is 1.67 bits per heavy atom. The van der Waals surface area contributed by atoms with E-state index < -0.39 is 6.10 Å². The van der Waals surface area contributed by atoms with Crippen LogP contribution < -0.4 is 0 Å². The Kier molecular flexibility index (Phi) is 7.70. The third kappa shape index (κ3) is 5.19. The number of unbranched alkanes of at least 4 members (excludes halogenated alkanes) is 5. The van der Waals surface area contributed by atoms with Gasteiger partial charge in [-0.2, -0.15) is 0 Å². The van der Waals surface area contributed by atoms with E-state index in [-0.39, 0.29) is 6.61 Å². The molecule has 1 aromatic rings. The van der Waals surface area contributed by atoms with Gasteiger partial charge in [0, 0.05) is 0 Å². The van der Waals surface area contributed by atoms with Crippen LogP contribution >= 0.6 is 0 Å². The van der Waals surface area contributed by atoms with Crippen molar-refractivity contribution < 1.29 is 10.2 Å². The lowest BCUT2D eigenvalue weighted by Crippen LogP contribution is -2.02. The zero-order chi connectivity index (χ0) is 13.2. The topological polar surface area (TPSA) is 40.5 Å². The number of aliphatic hydroxyl groups is 2. The standard InChI is InChI=1S/C16H26O2/c1-2-3-4-5-6-7-12-16(18)15-11-9-8-10-14(15)13-17/h8-11,16-18H,2-7,12-13H2,1H3. The minimum Gasteiger partial charge on any atom is -0.392 e. The Morgan fingerprint density at radius 1 is 1.00 bits per heavy atom. The molecule has 0 fully saturated rings. The fourth-order valence-electron chi connectivity index (χ4n) is 2.28. The number of hydrogen-bond acceptors (Lipinski definition) is 2. The average Bonchev–Trinajstić information content (AvgIpc) is 2.42. The minimum absolute atomic E-state index is 0.00370. The smallest absolute Gasteiger partial charge is 0.0793 e. The van der Waals surface area contributed by atoms with Crippen LogP contribution in [0.4, 0.5) is 0 Å². The molecule has 1 aromatic carbocycles. The highest BCUT2D eigenvalue weighted by Gasteiger charge is 2.10. The zero-order valence-electron chi connectivity index (χ0n) is 11.4.